The van der Waals surface area contributed by atoms with E-state index in [1.807, 2.05) is 47.2 Å². The van der Waals surface area contributed by atoms with Crippen LogP contribution in [0.4, 0.5) is 11.5 Å². The summed E-state index contributed by atoms with van der Waals surface area (Å²) in [5.41, 5.74) is 4.18. The molecule has 0 saturated heterocycles. The van der Waals surface area contributed by atoms with Gasteiger partial charge in [0.25, 0.3) is 5.91 Å². The van der Waals surface area contributed by atoms with Crippen LogP contribution in [0, 0.1) is 0 Å². The number of ether oxygens (including phenoxy) is 1. The van der Waals surface area contributed by atoms with Gasteiger partial charge in [-0.25, -0.2) is 9.97 Å². The highest BCUT2D eigenvalue weighted by molar-refractivity contribution is 7.98. The van der Waals surface area contributed by atoms with E-state index in [-0.39, 0.29) is 11.8 Å². The monoisotopic (exact) mass is 574 g/mol. The second-order valence-corrected chi connectivity index (χ2v) is 16.8. The second kappa shape index (κ2) is 13.0. The summed E-state index contributed by atoms with van der Waals surface area (Å²) in [7, 11) is -1.26. The van der Waals surface area contributed by atoms with Gasteiger partial charge in [-0.15, -0.1) is 0 Å². The normalized spacial score (nSPS) is 11.3. The molecule has 2 amide bonds. The molecule has 0 atom stereocenters. The number of nitrogens with one attached hydrogen (secondary N) is 2. The van der Waals surface area contributed by atoms with Crippen LogP contribution in [0.25, 0.3) is 22.5 Å². The van der Waals surface area contributed by atoms with Gasteiger partial charge < -0.3 is 15.4 Å². The van der Waals surface area contributed by atoms with Crippen LogP contribution in [-0.2, 0) is 16.3 Å². The van der Waals surface area contributed by atoms with Crippen molar-refractivity contribution in [3.63, 3.8) is 0 Å². The van der Waals surface area contributed by atoms with Crippen molar-refractivity contribution in [2.75, 3.05) is 23.5 Å². The number of thioether (sulfide) groups is 1. The molecule has 4 aromatic rings. The summed E-state index contributed by atoms with van der Waals surface area (Å²) in [6, 6.07) is 15.7. The number of aromatic nitrogens is 4. The molecule has 4 rings (SSSR count). The lowest BCUT2D eigenvalue weighted by atomic mass is 10.0. The number of para-hydroxylation sites is 1. The molecule has 3 heterocycles. The van der Waals surface area contributed by atoms with Crippen molar-refractivity contribution in [2.45, 2.75) is 44.5 Å². The molecule has 0 unspecified atom stereocenters. The molecule has 0 spiro atoms. The van der Waals surface area contributed by atoms with E-state index in [0.717, 1.165) is 28.0 Å². The Morgan fingerprint density at radius 3 is 2.48 bits per heavy atom. The topological polar surface area (TPSA) is 111 Å². The molecule has 0 radical (unpaired) electrons. The molecule has 208 valence electrons. The van der Waals surface area contributed by atoms with Crippen LogP contribution in [0.1, 0.15) is 17.3 Å². The first-order valence-electron chi connectivity index (χ1n) is 12.9. The van der Waals surface area contributed by atoms with Crippen molar-refractivity contribution < 1.29 is 14.3 Å². The van der Waals surface area contributed by atoms with Crippen molar-refractivity contribution in [3.05, 3.63) is 72.7 Å². The smallest absolute Gasteiger partial charge is 0.255 e. The highest BCUT2D eigenvalue weighted by Crippen LogP contribution is 2.39. The lowest BCUT2D eigenvalue weighted by Gasteiger charge is -2.17. The third-order valence-corrected chi connectivity index (χ3v) is 8.42. The van der Waals surface area contributed by atoms with Gasteiger partial charge >= 0.3 is 0 Å². The second-order valence-electron chi connectivity index (χ2n) is 10.4. The molecule has 40 heavy (non-hydrogen) atoms. The van der Waals surface area contributed by atoms with Crippen LogP contribution in [0.3, 0.4) is 0 Å². The maximum absolute atomic E-state index is 13.0. The molecule has 0 fully saturated rings. The molecule has 1 aromatic carbocycles. The average Bonchev–Trinajstić information content (AvgIpc) is 3.29. The van der Waals surface area contributed by atoms with Crippen LogP contribution in [-0.4, -0.2) is 52.3 Å². The van der Waals surface area contributed by atoms with Gasteiger partial charge in [-0.3, -0.25) is 19.1 Å². The number of carbonyl (C=O) groups is 2. The Morgan fingerprint density at radius 2 is 1.77 bits per heavy atom. The number of nitrogens with zero attached hydrogens (tertiary/aromatic N) is 4. The van der Waals surface area contributed by atoms with Gasteiger partial charge in [0.1, 0.15) is 12.5 Å². The van der Waals surface area contributed by atoms with Crippen molar-refractivity contribution >= 4 is 43.2 Å². The van der Waals surface area contributed by atoms with Gasteiger partial charge in [0, 0.05) is 56.9 Å². The zero-order valence-corrected chi connectivity index (χ0v) is 25.2. The minimum Gasteiger partial charge on any atom is -0.361 e. The Kier molecular flexibility index (Phi) is 9.51. The highest BCUT2D eigenvalue weighted by atomic mass is 32.2. The third-order valence-electron chi connectivity index (χ3n) is 6.04. The molecule has 9 nitrogen and oxygen atoms in total. The molecule has 0 aliphatic carbocycles. The minimum absolute atomic E-state index is 0.206. The predicted octanol–water partition coefficient (Wildman–Crippen LogP) is 6.25. The maximum atomic E-state index is 13.0. The molecule has 0 aliphatic rings. The van der Waals surface area contributed by atoms with E-state index >= 15 is 0 Å². The van der Waals surface area contributed by atoms with Gasteiger partial charge in [-0.2, -0.15) is 0 Å². The van der Waals surface area contributed by atoms with E-state index in [1.165, 1.54) is 18.7 Å². The van der Waals surface area contributed by atoms with Crippen LogP contribution in [0.2, 0.25) is 25.7 Å². The quantitative estimate of drug-likeness (QED) is 0.124. The van der Waals surface area contributed by atoms with E-state index in [1.54, 1.807) is 30.7 Å². The average molecular weight is 575 g/mol. The van der Waals surface area contributed by atoms with E-state index in [4.69, 9.17) is 9.72 Å². The van der Waals surface area contributed by atoms with Crippen LogP contribution < -0.4 is 10.6 Å². The number of benzene rings is 1. The molecule has 0 aliphatic heterocycles. The lowest BCUT2D eigenvalue weighted by molar-refractivity contribution is -0.114. The molecular weight excluding hydrogens is 541 g/mol. The fourth-order valence-corrected chi connectivity index (χ4v) is 5.35. The predicted molar refractivity (Wildman–Crippen MR) is 163 cm³/mol. The highest BCUT2D eigenvalue weighted by Gasteiger charge is 2.23. The third kappa shape index (κ3) is 7.43. The van der Waals surface area contributed by atoms with Gasteiger partial charge in [-0.1, -0.05) is 49.6 Å². The standard InChI is InChI=1S/C29H34N6O3SSi/c1-20(36)32-25-18-22(12-15-31-25)27-26(34-29(39-2)35(27)19-38-16-17-40(3,4)5)23-8-6-7-9-24(23)33-28(37)21-10-13-30-14-11-21/h6-15,18H,16-17,19H2,1-5H3,(H,33,37)(H,31,32,36). The molecular formula is C29H34N6O3SSi. The summed E-state index contributed by atoms with van der Waals surface area (Å²) in [5.74, 6) is -0.0113. The first kappa shape index (κ1) is 29.2. The van der Waals surface area contributed by atoms with E-state index in [9.17, 15) is 9.59 Å². The Bertz CT molecular complexity index is 1490. The minimum atomic E-state index is -1.26. The summed E-state index contributed by atoms with van der Waals surface area (Å²) >= 11 is 1.52. The fourth-order valence-electron chi connectivity index (χ4n) is 4.05. The maximum Gasteiger partial charge on any atom is 0.255 e. The van der Waals surface area contributed by atoms with Crippen molar-refractivity contribution in [1.29, 1.82) is 0 Å². The van der Waals surface area contributed by atoms with E-state index < -0.39 is 8.07 Å². The number of anilines is 2. The van der Waals surface area contributed by atoms with Crippen LogP contribution in [0.15, 0.2) is 72.3 Å². The molecule has 0 saturated carbocycles. The van der Waals surface area contributed by atoms with Crippen LogP contribution in [0.5, 0.6) is 0 Å². The Hall–Kier alpha value is -3.80. The lowest BCUT2D eigenvalue weighted by Crippen LogP contribution is -2.22. The fraction of sp³-hybridized carbons (Fsp3) is 0.276. The van der Waals surface area contributed by atoms with Crippen molar-refractivity contribution in [3.8, 4) is 22.5 Å². The van der Waals surface area contributed by atoms with Gasteiger partial charge in [-0.05, 0) is 42.6 Å². The number of hydrogen-bond acceptors (Lipinski definition) is 7. The SMILES string of the molecule is CSc1nc(-c2ccccc2NC(=O)c2ccncc2)c(-c2ccnc(NC(C)=O)c2)n1COCC[Si](C)(C)C. The first-order chi connectivity index (χ1) is 19.2. The van der Waals surface area contributed by atoms with E-state index in [0.29, 0.717) is 36.1 Å². The van der Waals surface area contributed by atoms with Crippen molar-refractivity contribution in [1.82, 2.24) is 19.5 Å². The first-order valence-corrected chi connectivity index (χ1v) is 17.9. The zero-order valence-electron chi connectivity index (χ0n) is 23.4. The van der Waals surface area contributed by atoms with Crippen LogP contribution >= 0.6 is 11.8 Å². The Balaban J connectivity index is 1.81. The number of carbonyl (C=O) groups excluding carboxylic acids is 2. The van der Waals surface area contributed by atoms with Gasteiger partial charge in [0.15, 0.2) is 5.16 Å². The summed E-state index contributed by atoms with van der Waals surface area (Å²) in [5, 5.41) is 6.57. The van der Waals surface area contributed by atoms with E-state index in [2.05, 4.69) is 40.2 Å². The summed E-state index contributed by atoms with van der Waals surface area (Å²) in [6.45, 7) is 9.38. The summed E-state index contributed by atoms with van der Waals surface area (Å²) in [4.78, 5) is 38.1. The molecule has 3 aromatic heterocycles. The van der Waals surface area contributed by atoms with Gasteiger partial charge in [0.05, 0.1) is 17.1 Å². The number of rotatable bonds is 11. The summed E-state index contributed by atoms with van der Waals surface area (Å²) < 4.78 is 8.22. The number of hydrogen-bond donors (Lipinski definition) is 2. The molecule has 2 N–H and O–H groups in total. The number of amides is 2. The zero-order chi connectivity index (χ0) is 28.7. The molecule has 11 heteroatoms. The van der Waals surface area contributed by atoms with Gasteiger partial charge in [0.2, 0.25) is 5.91 Å². The number of pyridine rings is 2. The Morgan fingerprint density at radius 1 is 1.02 bits per heavy atom. The Labute approximate surface area is 239 Å². The van der Waals surface area contributed by atoms with Crippen molar-refractivity contribution in [2.24, 2.45) is 0 Å². The summed E-state index contributed by atoms with van der Waals surface area (Å²) in [6.07, 6.45) is 6.80. The largest absolute Gasteiger partial charge is 0.361 e. The molecule has 0 bridgehead atoms. The number of imidazole rings is 1.